The lowest BCUT2D eigenvalue weighted by Crippen LogP contribution is -2.19. The molecule has 0 bridgehead atoms. The number of methoxy groups -OCH3 is 2. The van der Waals surface area contributed by atoms with Crippen molar-refractivity contribution in [3.63, 3.8) is 0 Å². The summed E-state index contributed by atoms with van der Waals surface area (Å²) in [5.74, 6) is 0.971. The fraction of sp³-hybridized carbons (Fsp3) is 0.222. The predicted octanol–water partition coefficient (Wildman–Crippen LogP) is 2.18. The molecular formula is C18H19ClN3O5S-. The van der Waals surface area contributed by atoms with Gasteiger partial charge in [-0.15, -0.1) is 12.4 Å². The average molecular weight is 425 g/mol. The van der Waals surface area contributed by atoms with Crippen molar-refractivity contribution in [2.24, 2.45) is 0 Å². The average Bonchev–Trinajstić information content (AvgIpc) is 2.69. The van der Waals surface area contributed by atoms with Gasteiger partial charge in [0, 0.05) is 35.8 Å². The molecule has 0 aliphatic heterocycles. The SMILES string of the molecule is COc1cc2c(Cc3ccc(N(C)S(=O)[O-])cc3)n[nH]c(=O)c2cc1OC.Cl. The first kappa shape index (κ1) is 21.7. The van der Waals surface area contributed by atoms with Gasteiger partial charge in [-0.05, 0) is 29.8 Å². The molecule has 2 aromatic carbocycles. The van der Waals surface area contributed by atoms with E-state index < -0.39 is 11.3 Å². The minimum atomic E-state index is -2.33. The number of nitrogens with one attached hydrogen (secondary N) is 1. The van der Waals surface area contributed by atoms with Gasteiger partial charge in [-0.3, -0.25) is 9.00 Å². The van der Waals surface area contributed by atoms with Gasteiger partial charge in [-0.2, -0.15) is 5.10 Å². The van der Waals surface area contributed by atoms with Crippen molar-refractivity contribution in [2.75, 3.05) is 25.6 Å². The van der Waals surface area contributed by atoms with Crippen LogP contribution < -0.4 is 19.3 Å². The Labute approximate surface area is 170 Å². The van der Waals surface area contributed by atoms with Crippen molar-refractivity contribution in [3.05, 3.63) is 58.0 Å². The molecule has 0 saturated carbocycles. The monoisotopic (exact) mass is 424 g/mol. The van der Waals surface area contributed by atoms with Gasteiger partial charge in [0.05, 0.1) is 25.3 Å². The van der Waals surface area contributed by atoms with Crippen molar-refractivity contribution >= 4 is 40.1 Å². The van der Waals surface area contributed by atoms with E-state index >= 15 is 0 Å². The normalized spacial score (nSPS) is 11.6. The number of hydrogen-bond donors (Lipinski definition) is 1. The third-order valence-corrected chi connectivity index (χ3v) is 4.92. The van der Waals surface area contributed by atoms with Crippen molar-refractivity contribution in [1.82, 2.24) is 10.2 Å². The van der Waals surface area contributed by atoms with E-state index in [-0.39, 0.29) is 18.0 Å². The lowest BCUT2D eigenvalue weighted by atomic mass is 10.0. The highest BCUT2D eigenvalue weighted by atomic mass is 35.5. The highest BCUT2D eigenvalue weighted by Gasteiger charge is 2.13. The van der Waals surface area contributed by atoms with Crippen LogP contribution in [0.15, 0.2) is 41.2 Å². The van der Waals surface area contributed by atoms with Crippen LogP contribution in [0.4, 0.5) is 5.69 Å². The molecule has 0 aliphatic carbocycles. The van der Waals surface area contributed by atoms with E-state index in [1.54, 1.807) is 24.3 Å². The van der Waals surface area contributed by atoms with E-state index in [0.29, 0.717) is 40.1 Å². The summed E-state index contributed by atoms with van der Waals surface area (Å²) in [7, 11) is 4.50. The molecule has 8 nitrogen and oxygen atoms in total. The van der Waals surface area contributed by atoms with Crippen LogP contribution in [0.1, 0.15) is 11.3 Å². The molecular weight excluding hydrogens is 406 g/mol. The zero-order chi connectivity index (χ0) is 19.6. The van der Waals surface area contributed by atoms with Gasteiger partial charge in [0.15, 0.2) is 11.5 Å². The van der Waals surface area contributed by atoms with Gasteiger partial charge in [0.25, 0.3) is 5.56 Å². The number of hydrogen-bond acceptors (Lipinski definition) is 6. The van der Waals surface area contributed by atoms with Crippen molar-refractivity contribution in [2.45, 2.75) is 6.42 Å². The maximum Gasteiger partial charge on any atom is 0.272 e. The Morgan fingerprint density at radius 3 is 2.21 bits per heavy atom. The molecule has 1 heterocycles. The molecule has 1 atom stereocenters. The molecule has 1 N–H and O–H groups in total. The third kappa shape index (κ3) is 4.27. The van der Waals surface area contributed by atoms with Crippen molar-refractivity contribution < 1.29 is 18.2 Å². The number of benzene rings is 2. The van der Waals surface area contributed by atoms with Crippen molar-refractivity contribution in [3.8, 4) is 11.5 Å². The molecule has 0 fully saturated rings. The third-order valence-electron chi connectivity index (χ3n) is 4.27. The summed E-state index contributed by atoms with van der Waals surface area (Å²) in [6, 6.07) is 10.4. The topological polar surface area (TPSA) is 108 Å². The highest BCUT2D eigenvalue weighted by molar-refractivity contribution is 7.80. The molecule has 28 heavy (non-hydrogen) atoms. The number of aromatic amines is 1. The fourth-order valence-electron chi connectivity index (χ4n) is 2.78. The van der Waals surface area contributed by atoms with Crippen LogP contribution in [0.5, 0.6) is 11.5 Å². The first-order chi connectivity index (χ1) is 12.9. The number of rotatable bonds is 6. The molecule has 150 valence electrons. The fourth-order valence-corrected chi connectivity index (χ4v) is 3.08. The summed E-state index contributed by atoms with van der Waals surface area (Å²) in [4.78, 5) is 12.2. The lowest BCUT2D eigenvalue weighted by Gasteiger charge is -2.21. The second-order valence-electron chi connectivity index (χ2n) is 5.81. The molecule has 1 aromatic heterocycles. The van der Waals surface area contributed by atoms with Crippen LogP contribution in [0.3, 0.4) is 0 Å². The van der Waals surface area contributed by atoms with Crippen LogP contribution >= 0.6 is 12.4 Å². The van der Waals surface area contributed by atoms with Gasteiger partial charge in [0.2, 0.25) is 0 Å². The number of halogens is 1. The molecule has 3 aromatic rings. The zero-order valence-corrected chi connectivity index (χ0v) is 17.1. The Morgan fingerprint density at radius 2 is 1.68 bits per heavy atom. The number of ether oxygens (including phenoxy) is 2. The highest BCUT2D eigenvalue weighted by Crippen LogP contribution is 2.32. The lowest BCUT2D eigenvalue weighted by molar-refractivity contribution is 0.356. The summed E-state index contributed by atoms with van der Waals surface area (Å²) >= 11 is -2.33. The van der Waals surface area contributed by atoms with E-state index in [1.807, 2.05) is 12.1 Å². The predicted molar refractivity (Wildman–Crippen MR) is 109 cm³/mol. The second kappa shape index (κ2) is 9.05. The molecule has 0 spiro atoms. The molecule has 0 aliphatic rings. The van der Waals surface area contributed by atoms with Crippen LogP contribution in [0.2, 0.25) is 0 Å². The molecule has 0 saturated heterocycles. The molecule has 0 radical (unpaired) electrons. The van der Waals surface area contributed by atoms with E-state index in [4.69, 9.17) is 9.47 Å². The Kier molecular flexibility index (Phi) is 7.00. The molecule has 10 heteroatoms. The second-order valence-corrected chi connectivity index (χ2v) is 6.79. The Balaban J connectivity index is 0.00000280. The van der Waals surface area contributed by atoms with Crippen LogP contribution in [-0.4, -0.2) is 40.2 Å². The molecule has 3 rings (SSSR count). The smallest absolute Gasteiger partial charge is 0.272 e. The van der Waals surface area contributed by atoms with Gasteiger partial charge in [-0.1, -0.05) is 12.1 Å². The summed E-state index contributed by atoms with van der Waals surface area (Å²) in [5, 5.41) is 7.80. The minimum absolute atomic E-state index is 0. The number of fused-ring (bicyclic) bond motifs is 1. The largest absolute Gasteiger partial charge is 0.755 e. The Bertz CT molecular complexity index is 1060. The first-order valence-electron chi connectivity index (χ1n) is 8.00. The number of anilines is 1. The quantitative estimate of drug-likeness (QED) is 0.607. The summed E-state index contributed by atoms with van der Waals surface area (Å²) < 4.78 is 33.8. The number of aromatic nitrogens is 2. The molecule has 0 amide bonds. The summed E-state index contributed by atoms with van der Waals surface area (Å²) in [6.45, 7) is 0. The van der Waals surface area contributed by atoms with Gasteiger partial charge in [0.1, 0.15) is 0 Å². The Hall–Kier alpha value is -2.62. The van der Waals surface area contributed by atoms with Gasteiger partial charge in [-0.25, -0.2) is 5.10 Å². The van der Waals surface area contributed by atoms with E-state index in [9.17, 15) is 13.6 Å². The van der Waals surface area contributed by atoms with Gasteiger partial charge < -0.3 is 18.3 Å². The van der Waals surface area contributed by atoms with Crippen LogP contribution in [-0.2, 0) is 17.7 Å². The minimum Gasteiger partial charge on any atom is -0.755 e. The zero-order valence-electron chi connectivity index (χ0n) is 15.4. The maximum absolute atomic E-state index is 12.2. The van der Waals surface area contributed by atoms with Crippen LogP contribution in [0.25, 0.3) is 10.8 Å². The number of H-pyrrole nitrogens is 1. The number of nitrogens with zero attached hydrogens (tertiary/aromatic N) is 2. The van der Waals surface area contributed by atoms with E-state index in [1.165, 1.54) is 21.3 Å². The van der Waals surface area contributed by atoms with E-state index in [0.717, 1.165) is 9.87 Å². The van der Waals surface area contributed by atoms with Crippen LogP contribution in [0, 0.1) is 0 Å². The summed E-state index contributed by atoms with van der Waals surface area (Å²) in [6.07, 6.45) is 0.452. The Morgan fingerprint density at radius 1 is 1.11 bits per heavy atom. The van der Waals surface area contributed by atoms with Crippen molar-refractivity contribution in [1.29, 1.82) is 0 Å². The van der Waals surface area contributed by atoms with Gasteiger partial charge >= 0.3 is 0 Å². The molecule has 1 unspecified atom stereocenters. The first-order valence-corrected chi connectivity index (χ1v) is 9.03. The summed E-state index contributed by atoms with van der Waals surface area (Å²) in [5.41, 5.74) is 1.82. The maximum atomic E-state index is 12.2. The van der Waals surface area contributed by atoms with E-state index in [2.05, 4.69) is 10.2 Å². The standard InChI is InChI=1S/C18H19N3O5S.ClH/c1-21(27(23)24)12-6-4-11(5-7-12)8-15-13-9-16(25-2)17(26-3)10-14(13)18(22)20-19-15;/h4-7,9-10H,8H2,1-3H3,(H,20,22)(H,23,24);1H/p-1.